The Labute approximate surface area is 183 Å². The third-order valence-electron chi connectivity index (χ3n) is 5.14. The van der Waals surface area contributed by atoms with Crippen LogP contribution in [0.1, 0.15) is 18.4 Å². The summed E-state index contributed by atoms with van der Waals surface area (Å²) in [5, 5.41) is 3.08. The molecule has 1 aromatic carbocycles. The molecule has 8 nitrogen and oxygen atoms in total. The van der Waals surface area contributed by atoms with Crippen LogP contribution in [-0.2, 0) is 11.2 Å². The SMILES string of the molecule is COc1ccc(CCNC(=O)C2CCCN2c2ccnc(-n3ccnc3)n2)cc1Br. The molecule has 0 bridgehead atoms. The summed E-state index contributed by atoms with van der Waals surface area (Å²) in [7, 11) is 1.64. The van der Waals surface area contributed by atoms with Gasteiger partial charge in [0.2, 0.25) is 11.9 Å². The molecule has 0 saturated carbocycles. The van der Waals surface area contributed by atoms with Gasteiger partial charge in [-0.15, -0.1) is 0 Å². The number of halogens is 1. The van der Waals surface area contributed by atoms with Crippen LogP contribution in [0, 0.1) is 0 Å². The molecule has 1 unspecified atom stereocenters. The predicted molar refractivity (Wildman–Crippen MR) is 117 cm³/mol. The number of hydrogen-bond donors (Lipinski definition) is 1. The van der Waals surface area contributed by atoms with Gasteiger partial charge in [0.15, 0.2) is 0 Å². The Bertz CT molecular complexity index is 1010. The number of benzene rings is 1. The summed E-state index contributed by atoms with van der Waals surface area (Å²) in [6, 6.07) is 7.58. The van der Waals surface area contributed by atoms with E-state index in [0.717, 1.165) is 47.4 Å². The van der Waals surface area contributed by atoms with E-state index < -0.39 is 0 Å². The van der Waals surface area contributed by atoms with Gasteiger partial charge in [-0.25, -0.2) is 9.97 Å². The maximum atomic E-state index is 12.9. The molecule has 0 radical (unpaired) electrons. The number of imidazole rings is 1. The molecule has 0 spiro atoms. The number of nitrogens with one attached hydrogen (secondary N) is 1. The van der Waals surface area contributed by atoms with Crippen molar-refractivity contribution in [1.82, 2.24) is 24.8 Å². The minimum Gasteiger partial charge on any atom is -0.496 e. The van der Waals surface area contributed by atoms with Crippen molar-refractivity contribution in [2.45, 2.75) is 25.3 Å². The van der Waals surface area contributed by atoms with E-state index in [-0.39, 0.29) is 11.9 Å². The van der Waals surface area contributed by atoms with E-state index in [0.29, 0.717) is 12.5 Å². The van der Waals surface area contributed by atoms with Crippen molar-refractivity contribution in [3.8, 4) is 11.7 Å². The van der Waals surface area contributed by atoms with Gasteiger partial charge in [-0.2, -0.15) is 4.98 Å². The molecule has 3 heterocycles. The fourth-order valence-electron chi connectivity index (χ4n) is 3.63. The highest BCUT2D eigenvalue weighted by Gasteiger charge is 2.31. The number of aromatic nitrogens is 4. The summed E-state index contributed by atoms with van der Waals surface area (Å²) in [4.78, 5) is 27.9. The summed E-state index contributed by atoms with van der Waals surface area (Å²) in [5.41, 5.74) is 1.13. The molecular formula is C21H23BrN6O2. The monoisotopic (exact) mass is 470 g/mol. The fourth-order valence-corrected chi connectivity index (χ4v) is 4.22. The molecule has 1 aliphatic heterocycles. The maximum absolute atomic E-state index is 12.9. The van der Waals surface area contributed by atoms with Gasteiger partial charge in [-0.3, -0.25) is 9.36 Å². The Morgan fingerprint density at radius 3 is 3.00 bits per heavy atom. The number of carbonyl (C=O) groups excluding carboxylic acids is 1. The number of rotatable bonds is 7. The molecule has 1 saturated heterocycles. The second kappa shape index (κ2) is 9.25. The molecule has 1 N–H and O–H groups in total. The number of carbonyl (C=O) groups is 1. The lowest BCUT2D eigenvalue weighted by Crippen LogP contribution is -2.44. The Hall–Kier alpha value is -2.94. The number of hydrogen-bond acceptors (Lipinski definition) is 6. The maximum Gasteiger partial charge on any atom is 0.242 e. The largest absolute Gasteiger partial charge is 0.496 e. The average molecular weight is 471 g/mol. The molecule has 1 atom stereocenters. The van der Waals surface area contributed by atoms with Crippen LogP contribution in [0.25, 0.3) is 5.95 Å². The van der Waals surface area contributed by atoms with E-state index >= 15 is 0 Å². The number of amides is 1. The molecular weight excluding hydrogens is 448 g/mol. The molecule has 30 heavy (non-hydrogen) atoms. The first kappa shape index (κ1) is 20.3. The van der Waals surface area contributed by atoms with Crippen molar-refractivity contribution in [2.75, 3.05) is 25.1 Å². The summed E-state index contributed by atoms with van der Waals surface area (Å²) >= 11 is 3.50. The topological polar surface area (TPSA) is 85.2 Å². The number of ether oxygens (including phenoxy) is 1. The third-order valence-corrected chi connectivity index (χ3v) is 5.76. The van der Waals surface area contributed by atoms with Crippen molar-refractivity contribution < 1.29 is 9.53 Å². The van der Waals surface area contributed by atoms with Gasteiger partial charge in [0.1, 0.15) is 23.9 Å². The highest BCUT2D eigenvalue weighted by Crippen LogP contribution is 2.26. The summed E-state index contributed by atoms with van der Waals surface area (Å²) in [6.45, 7) is 1.37. The number of anilines is 1. The number of methoxy groups -OCH3 is 1. The van der Waals surface area contributed by atoms with Gasteiger partial charge in [0.25, 0.3) is 0 Å². The standard InChI is InChI=1S/C21H23BrN6O2/c1-30-18-5-4-15(13-16(18)22)6-8-24-20(29)17-3-2-11-28(17)19-7-9-25-21(26-19)27-12-10-23-14-27/h4-5,7,9-10,12-14,17H,2-3,6,8,11H2,1H3,(H,24,29). The lowest BCUT2D eigenvalue weighted by Gasteiger charge is -2.25. The van der Waals surface area contributed by atoms with Gasteiger partial charge in [-0.1, -0.05) is 6.07 Å². The molecule has 1 amide bonds. The van der Waals surface area contributed by atoms with Crippen LogP contribution in [0.4, 0.5) is 5.82 Å². The van der Waals surface area contributed by atoms with Crippen LogP contribution < -0.4 is 15.0 Å². The minimum atomic E-state index is -0.224. The van der Waals surface area contributed by atoms with E-state index in [1.807, 2.05) is 24.3 Å². The van der Waals surface area contributed by atoms with E-state index in [1.165, 1.54) is 0 Å². The second-order valence-corrected chi connectivity index (χ2v) is 7.90. The Morgan fingerprint density at radius 2 is 2.23 bits per heavy atom. The molecule has 0 aliphatic carbocycles. The van der Waals surface area contributed by atoms with E-state index in [2.05, 4.69) is 41.1 Å². The zero-order valence-corrected chi connectivity index (χ0v) is 18.2. The second-order valence-electron chi connectivity index (χ2n) is 7.05. The van der Waals surface area contributed by atoms with Gasteiger partial charge in [0, 0.05) is 31.7 Å². The molecule has 1 fully saturated rings. The van der Waals surface area contributed by atoms with Gasteiger partial charge < -0.3 is 15.0 Å². The van der Waals surface area contributed by atoms with Crippen LogP contribution in [0.2, 0.25) is 0 Å². The molecule has 2 aromatic heterocycles. The fraction of sp³-hybridized carbons (Fsp3) is 0.333. The third kappa shape index (κ3) is 4.46. The first-order chi connectivity index (χ1) is 14.7. The van der Waals surface area contributed by atoms with Gasteiger partial charge in [0.05, 0.1) is 11.6 Å². The lowest BCUT2D eigenvalue weighted by atomic mass is 10.1. The van der Waals surface area contributed by atoms with Crippen molar-refractivity contribution in [3.05, 3.63) is 59.2 Å². The lowest BCUT2D eigenvalue weighted by molar-refractivity contribution is -0.122. The van der Waals surface area contributed by atoms with Crippen LogP contribution >= 0.6 is 15.9 Å². The smallest absolute Gasteiger partial charge is 0.242 e. The Balaban J connectivity index is 1.38. The van der Waals surface area contributed by atoms with Crippen LogP contribution in [-0.4, -0.2) is 51.7 Å². The van der Waals surface area contributed by atoms with Crippen LogP contribution in [0.15, 0.2) is 53.7 Å². The van der Waals surface area contributed by atoms with E-state index in [9.17, 15) is 4.79 Å². The van der Waals surface area contributed by atoms with Crippen molar-refractivity contribution >= 4 is 27.7 Å². The van der Waals surface area contributed by atoms with Crippen molar-refractivity contribution in [3.63, 3.8) is 0 Å². The molecule has 9 heteroatoms. The first-order valence-electron chi connectivity index (χ1n) is 9.84. The van der Waals surface area contributed by atoms with Crippen LogP contribution in [0.3, 0.4) is 0 Å². The van der Waals surface area contributed by atoms with Crippen molar-refractivity contribution in [2.24, 2.45) is 0 Å². The highest BCUT2D eigenvalue weighted by molar-refractivity contribution is 9.10. The Morgan fingerprint density at radius 1 is 1.33 bits per heavy atom. The zero-order valence-electron chi connectivity index (χ0n) is 16.7. The van der Waals surface area contributed by atoms with E-state index in [1.54, 1.807) is 36.6 Å². The zero-order chi connectivity index (χ0) is 20.9. The summed E-state index contributed by atoms with van der Waals surface area (Å²) < 4.78 is 7.92. The number of nitrogens with zero attached hydrogens (tertiary/aromatic N) is 5. The van der Waals surface area contributed by atoms with E-state index in [4.69, 9.17) is 4.74 Å². The Kier molecular flexibility index (Phi) is 6.27. The van der Waals surface area contributed by atoms with Gasteiger partial charge >= 0.3 is 0 Å². The molecule has 156 valence electrons. The average Bonchev–Trinajstić information content (AvgIpc) is 3.46. The summed E-state index contributed by atoms with van der Waals surface area (Å²) in [6.07, 6.45) is 9.36. The molecule has 4 rings (SSSR count). The minimum absolute atomic E-state index is 0.0304. The first-order valence-corrected chi connectivity index (χ1v) is 10.6. The normalized spacial score (nSPS) is 15.9. The quantitative estimate of drug-likeness (QED) is 0.571. The molecule has 1 aliphatic rings. The highest BCUT2D eigenvalue weighted by atomic mass is 79.9. The predicted octanol–water partition coefficient (Wildman–Crippen LogP) is 2.76. The van der Waals surface area contributed by atoms with Crippen LogP contribution in [0.5, 0.6) is 5.75 Å². The summed E-state index contributed by atoms with van der Waals surface area (Å²) in [5.74, 6) is 2.12. The van der Waals surface area contributed by atoms with Gasteiger partial charge in [-0.05, 0) is 59.0 Å². The van der Waals surface area contributed by atoms with Crippen molar-refractivity contribution in [1.29, 1.82) is 0 Å². The molecule has 3 aromatic rings.